The summed E-state index contributed by atoms with van der Waals surface area (Å²) in [4.78, 5) is 32.8. The van der Waals surface area contributed by atoms with E-state index >= 15 is 0 Å². The molecule has 25 heavy (non-hydrogen) atoms. The topological polar surface area (TPSA) is 143 Å². The number of hydrogen-bond donors (Lipinski definition) is 4. The SMILES string of the molecule is CC(=O)OCC(O)C(=O)NCCCCCCNC(O)C1COC(=O)O1. The lowest BCUT2D eigenvalue weighted by molar-refractivity contribution is -0.147. The van der Waals surface area contributed by atoms with Gasteiger partial charge in [-0.2, -0.15) is 0 Å². The highest BCUT2D eigenvalue weighted by Gasteiger charge is 2.31. The summed E-state index contributed by atoms with van der Waals surface area (Å²) < 4.78 is 13.9. The summed E-state index contributed by atoms with van der Waals surface area (Å²) in [6, 6.07) is 0. The molecule has 1 heterocycles. The Labute approximate surface area is 145 Å². The summed E-state index contributed by atoms with van der Waals surface area (Å²) in [6.07, 6.45) is -0.476. The van der Waals surface area contributed by atoms with Crippen LogP contribution in [0.1, 0.15) is 32.6 Å². The van der Waals surface area contributed by atoms with Crippen molar-refractivity contribution in [2.24, 2.45) is 0 Å². The van der Waals surface area contributed by atoms with Crippen LogP contribution in [0.2, 0.25) is 0 Å². The van der Waals surface area contributed by atoms with Gasteiger partial charge in [-0.1, -0.05) is 12.8 Å². The average Bonchev–Trinajstić information content (AvgIpc) is 3.01. The summed E-state index contributed by atoms with van der Waals surface area (Å²) in [5.74, 6) is -1.12. The third kappa shape index (κ3) is 9.22. The van der Waals surface area contributed by atoms with Gasteiger partial charge in [0.1, 0.15) is 19.4 Å². The van der Waals surface area contributed by atoms with Crippen molar-refractivity contribution in [2.75, 3.05) is 26.3 Å². The Morgan fingerprint density at radius 3 is 2.52 bits per heavy atom. The summed E-state index contributed by atoms with van der Waals surface area (Å²) in [6.45, 7) is 1.86. The normalized spacial score (nSPS) is 18.8. The number of carbonyl (C=O) groups excluding carboxylic acids is 3. The molecule has 1 aliphatic heterocycles. The van der Waals surface area contributed by atoms with E-state index in [2.05, 4.69) is 20.1 Å². The van der Waals surface area contributed by atoms with Crippen LogP contribution in [-0.2, 0) is 23.8 Å². The highest BCUT2D eigenvalue weighted by atomic mass is 16.8. The Morgan fingerprint density at radius 2 is 1.92 bits per heavy atom. The van der Waals surface area contributed by atoms with E-state index in [1.54, 1.807) is 0 Å². The fraction of sp³-hybridized carbons (Fsp3) is 0.800. The maximum absolute atomic E-state index is 11.5. The van der Waals surface area contributed by atoms with E-state index in [9.17, 15) is 24.6 Å². The number of carbonyl (C=O) groups is 3. The van der Waals surface area contributed by atoms with Crippen LogP contribution in [0.3, 0.4) is 0 Å². The van der Waals surface area contributed by atoms with Crippen molar-refractivity contribution in [3.8, 4) is 0 Å². The van der Waals surface area contributed by atoms with Crippen molar-refractivity contribution in [3.63, 3.8) is 0 Å². The number of aliphatic hydroxyl groups excluding tert-OH is 2. The molecule has 10 heteroatoms. The Morgan fingerprint density at radius 1 is 1.24 bits per heavy atom. The Hall–Kier alpha value is -1.91. The summed E-state index contributed by atoms with van der Waals surface area (Å²) >= 11 is 0. The molecule has 0 aromatic rings. The second-order valence-corrected chi connectivity index (χ2v) is 5.64. The van der Waals surface area contributed by atoms with Gasteiger partial charge in [-0.05, 0) is 19.4 Å². The Balaban J connectivity index is 1.93. The lowest BCUT2D eigenvalue weighted by atomic mass is 10.2. The number of aliphatic hydroxyl groups is 2. The fourth-order valence-corrected chi connectivity index (χ4v) is 2.08. The zero-order valence-corrected chi connectivity index (χ0v) is 14.2. The first-order chi connectivity index (χ1) is 11.9. The van der Waals surface area contributed by atoms with Gasteiger partial charge in [0.05, 0.1) is 0 Å². The van der Waals surface area contributed by atoms with Crippen LogP contribution in [-0.4, -0.2) is 73.0 Å². The summed E-state index contributed by atoms with van der Waals surface area (Å²) in [5, 5.41) is 24.6. The molecule has 0 aromatic heterocycles. The maximum atomic E-state index is 11.5. The van der Waals surface area contributed by atoms with Crippen molar-refractivity contribution >= 4 is 18.0 Å². The van der Waals surface area contributed by atoms with Gasteiger partial charge in [-0.25, -0.2) is 4.79 Å². The first kappa shape index (κ1) is 21.1. The minimum Gasteiger partial charge on any atom is -0.463 e. The highest BCUT2D eigenvalue weighted by Crippen LogP contribution is 2.09. The van der Waals surface area contributed by atoms with Crippen LogP contribution in [0.5, 0.6) is 0 Å². The quantitative estimate of drug-likeness (QED) is 0.196. The van der Waals surface area contributed by atoms with E-state index in [0.29, 0.717) is 13.1 Å². The molecule has 1 fully saturated rings. The van der Waals surface area contributed by atoms with E-state index < -0.39 is 36.5 Å². The Bertz CT molecular complexity index is 445. The van der Waals surface area contributed by atoms with Crippen molar-refractivity contribution in [3.05, 3.63) is 0 Å². The third-order valence-electron chi connectivity index (χ3n) is 3.47. The van der Waals surface area contributed by atoms with Crippen molar-refractivity contribution in [1.29, 1.82) is 0 Å². The van der Waals surface area contributed by atoms with Crippen LogP contribution in [0.4, 0.5) is 4.79 Å². The molecule has 4 N–H and O–H groups in total. The first-order valence-corrected chi connectivity index (χ1v) is 8.24. The second-order valence-electron chi connectivity index (χ2n) is 5.64. The Kier molecular flexibility index (Phi) is 9.81. The number of esters is 1. The summed E-state index contributed by atoms with van der Waals surface area (Å²) in [5.41, 5.74) is 0. The predicted molar refractivity (Wildman–Crippen MR) is 84.3 cm³/mol. The number of amides is 1. The van der Waals surface area contributed by atoms with Crippen LogP contribution in [0, 0.1) is 0 Å². The number of cyclic esters (lactones) is 2. The van der Waals surface area contributed by atoms with E-state index in [1.807, 2.05) is 0 Å². The van der Waals surface area contributed by atoms with Gasteiger partial charge < -0.3 is 29.7 Å². The predicted octanol–water partition coefficient (Wildman–Crippen LogP) is -0.970. The molecular weight excluding hydrogens is 336 g/mol. The average molecular weight is 362 g/mol. The molecule has 0 radical (unpaired) electrons. The largest absolute Gasteiger partial charge is 0.508 e. The van der Waals surface area contributed by atoms with Crippen molar-refractivity contribution in [2.45, 2.75) is 51.0 Å². The van der Waals surface area contributed by atoms with Crippen LogP contribution < -0.4 is 10.6 Å². The smallest absolute Gasteiger partial charge is 0.463 e. The number of unbranched alkanes of at least 4 members (excludes halogenated alkanes) is 3. The molecule has 1 aliphatic rings. The van der Waals surface area contributed by atoms with Gasteiger partial charge in [0.2, 0.25) is 0 Å². The second kappa shape index (κ2) is 11.6. The molecular formula is C15H26N2O8. The first-order valence-electron chi connectivity index (χ1n) is 8.24. The standard InChI is InChI=1S/C15H26N2O8/c1-10(18)23-8-11(19)13(20)16-6-4-2-3-5-7-17-14(21)12-9-24-15(22)25-12/h11-12,14,17,19,21H,2-9H2,1H3,(H,16,20). The molecule has 3 unspecified atom stereocenters. The molecule has 10 nitrogen and oxygen atoms in total. The van der Waals surface area contributed by atoms with Crippen molar-refractivity contribution < 1.29 is 38.8 Å². The monoisotopic (exact) mass is 362 g/mol. The molecule has 1 saturated heterocycles. The third-order valence-corrected chi connectivity index (χ3v) is 3.47. The number of hydrogen-bond acceptors (Lipinski definition) is 9. The number of ether oxygens (including phenoxy) is 3. The lowest BCUT2D eigenvalue weighted by Gasteiger charge is -2.16. The van der Waals surface area contributed by atoms with E-state index in [1.165, 1.54) is 6.92 Å². The minimum atomic E-state index is -1.36. The molecule has 144 valence electrons. The molecule has 0 spiro atoms. The zero-order chi connectivity index (χ0) is 18.7. The maximum Gasteiger partial charge on any atom is 0.508 e. The van der Waals surface area contributed by atoms with E-state index in [4.69, 9.17) is 4.74 Å². The number of rotatable bonds is 12. The van der Waals surface area contributed by atoms with Crippen molar-refractivity contribution in [1.82, 2.24) is 10.6 Å². The molecule has 0 saturated carbocycles. The molecule has 0 aliphatic carbocycles. The molecule has 3 atom stereocenters. The van der Waals surface area contributed by atoms with E-state index in [0.717, 1.165) is 25.7 Å². The lowest BCUT2D eigenvalue weighted by Crippen LogP contribution is -2.41. The van der Waals surface area contributed by atoms with Gasteiger partial charge >= 0.3 is 12.1 Å². The zero-order valence-electron chi connectivity index (χ0n) is 14.2. The molecule has 1 rings (SSSR count). The van der Waals surface area contributed by atoms with Gasteiger partial charge in [0, 0.05) is 13.5 Å². The molecule has 0 bridgehead atoms. The fourth-order valence-electron chi connectivity index (χ4n) is 2.08. The van der Waals surface area contributed by atoms with Crippen LogP contribution >= 0.6 is 0 Å². The van der Waals surface area contributed by atoms with Gasteiger partial charge in [0.15, 0.2) is 12.2 Å². The van der Waals surface area contributed by atoms with E-state index in [-0.39, 0.29) is 13.2 Å². The number of nitrogens with one attached hydrogen (secondary N) is 2. The molecule has 1 amide bonds. The highest BCUT2D eigenvalue weighted by molar-refractivity contribution is 5.80. The minimum absolute atomic E-state index is 0.0377. The van der Waals surface area contributed by atoms with Gasteiger partial charge in [-0.15, -0.1) is 0 Å². The van der Waals surface area contributed by atoms with Gasteiger partial charge in [0.25, 0.3) is 5.91 Å². The molecule has 0 aromatic carbocycles. The van der Waals surface area contributed by atoms with Crippen LogP contribution in [0.15, 0.2) is 0 Å². The summed E-state index contributed by atoms with van der Waals surface area (Å²) in [7, 11) is 0. The van der Waals surface area contributed by atoms with Gasteiger partial charge in [-0.3, -0.25) is 14.9 Å². The van der Waals surface area contributed by atoms with Crippen LogP contribution in [0.25, 0.3) is 0 Å².